The molecule has 1 aromatic heterocycles. The number of carbonyl (C=O) groups is 2. The Kier molecular flexibility index (Phi) is 8.69. The van der Waals surface area contributed by atoms with E-state index in [2.05, 4.69) is 5.16 Å². The minimum atomic E-state index is -1.31. The summed E-state index contributed by atoms with van der Waals surface area (Å²) >= 11 is 1.11. The third-order valence-corrected chi connectivity index (χ3v) is 6.97. The zero-order valence-corrected chi connectivity index (χ0v) is 23.2. The minimum absolute atomic E-state index is 0.00419. The summed E-state index contributed by atoms with van der Waals surface area (Å²) in [6.07, 6.45) is -0.00419. The second-order valence-corrected chi connectivity index (χ2v) is 11.1. The van der Waals surface area contributed by atoms with Crippen molar-refractivity contribution in [1.29, 1.82) is 0 Å². The van der Waals surface area contributed by atoms with E-state index in [0.29, 0.717) is 29.1 Å². The number of hydrogen-bond acceptors (Lipinski definition) is 8. The van der Waals surface area contributed by atoms with Gasteiger partial charge in [0, 0.05) is 11.1 Å². The molecule has 0 fully saturated rings. The van der Waals surface area contributed by atoms with Gasteiger partial charge in [-0.2, -0.15) is 0 Å². The Morgan fingerprint density at radius 2 is 1.70 bits per heavy atom. The van der Waals surface area contributed by atoms with Gasteiger partial charge in [0.25, 0.3) is 0 Å². The van der Waals surface area contributed by atoms with Crippen LogP contribution in [0.15, 0.2) is 82.7 Å². The van der Waals surface area contributed by atoms with Crippen LogP contribution in [0.3, 0.4) is 0 Å². The fraction of sp³-hybridized carbons (Fsp3) is 0.267. The molecule has 4 rings (SSSR count). The van der Waals surface area contributed by atoms with Crippen LogP contribution in [0.5, 0.6) is 5.75 Å². The first-order chi connectivity index (χ1) is 19.1. The lowest BCUT2D eigenvalue weighted by Crippen LogP contribution is -2.33. The highest BCUT2D eigenvalue weighted by Crippen LogP contribution is 2.22. The van der Waals surface area contributed by atoms with Crippen LogP contribution in [0.4, 0.5) is 0 Å². The molecule has 0 amide bonds. The van der Waals surface area contributed by atoms with Gasteiger partial charge in [0.05, 0.1) is 16.8 Å². The molecule has 4 aromatic rings. The summed E-state index contributed by atoms with van der Waals surface area (Å²) in [5.41, 5.74) is 2.51. The normalized spacial score (nSPS) is 12.7. The van der Waals surface area contributed by atoms with Crippen molar-refractivity contribution in [3.05, 3.63) is 99.2 Å². The molecule has 10 heteroatoms. The highest BCUT2D eigenvalue weighted by molar-refractivity contribution is 7.16. The Hall–Kier alpha value is -4.44. The van der Waals surface area contributed by atoms with Gasteiger partial charge >= 0.3 is 16.8 Å². The van der Waals surface area contributed by atoms with Crippen LogP contribution < -0.4 is 9.61 Å². The molecule has 208 valence electrons. The molecule has 3 aromatic carbocycles. The standard InChI is InChI=1S/C30H30N2O7S/c1-30(2,3)39-28(35)23(27(33)34)17-19-9-12-22(13-10-19)38-16-15-32-24-14-11-21(18-25(24)40-29(32)36)26(31-37)20-7-5-4-6-8-20/h4-14,18,23,37H,15-17H2,1-3H3,(H,33,34). The number of hydrogen-bond donors (Lipinski definition) is 2. The number of thiazole rings is 1. The van der Waals surface area contributed by atoms with Crippen molar-refractivity contribution in [3.8, 4) is 5.75 Å². The van der Waals surface area contributed by atoms with E-state index in [0.717, 1.165) is 27.1 Å². The number of nitrogens with zero attached hydrogens (tertiary/aromatic N) is 2. The third-order valence-electron chi connectivity index (χ3n) is 6.03. The van der Waals surface area contributed by atoms with Crippen molar-refractivity contribution >= 4 is 39.2 Å². The van der Waals surface area contributed by atoms with Crippen molar-refractivity contribution in [2.24, 2.45) is 11.1 Å². The van der Waals surface area contributed by atoms with E-state index in [4.69, 9.17) is 9.47 Å². The number of carbonyl (C=O) groups excluding carboxylic acids is 1. The SMILES string of the molecule is CC(C)(C)OC(=O)C(Cc1ccc(OCCn2c(=O)sc3cc(C(=NO)c4ccccc4)ccc32)cc1)C(=O)O. The fourth-order valence-corrected chi connectivity index (χ4v) is 5.12. The van der Waals surface area contributed by atoms with Crippen LogP contribution in [0.1, 0.15) is 37.5 Å². The second-order valence-electron chi connectivity index (χ2n) is 10.1. The number of aliphatic carboxylic acids is 1. The number of rotatable bonds is 10. The first-order valence-corrected chi connectivity index (χ1v) is 13.5. The maximum atomic E-state index is 12.7. The topological polar surface area (TPSA) is 127 Å². The third kappa shape index (κ3) is 6.95. The first-order valence-electron chi connectivity index (χ1n) is 12.6. The zero-order chi connectivity index (χ0) is 28.9. The Morgan fingerprint density at radius 1 is 1.00 bits per heavy atom. The van der Waals surface area contributed by atoms with E-state index in [1.54, 1.807) is 49.6 Å². The van der Waals surface area contributed by atoms with E-state index in [1.165, 1.54) is 0 Å². The predicted octanol–water partition coefficient (Wildman–Crippen LogP) is 4.95. The summed E-state index contributed by atoms with van der Waals surface area (Å²) in [6.45, 7) is 5.62. The molecule has 1 heterocycles. The summed E-state index contributed by atoms with van der Waals surface area (Å²) in [6, 6.07) is 21.6. The van der Waals surface area contributed by atoms with Crippen LogP contribution >= 0.6 is 11.3 Å². The smallest absolute Gasteiger partial charge is 0.321 e. The Labute approximate surface area is 234 Å². The van der Waals surface area contributed by atoms with Gasteiger partial charge in [0.15, 0.2) is 5.92 Å². The van der Waals surface area contributed by atoms with Crippen molar-refractivity contribution in [2.45, 2.75) is 39.3 Å². The van der Waals surface area contributed by atoms with E-state index < -0.39 is 23.5 Å². The van der Waals surface area contributed by atoms with Gasteiger partial charge in [-0.3, -0.25) is 19.0 Å². The Morgan fingerprint density at radius 3 is 2.33 bits per heavy atom. The molecule has 0 spiro atoms. The summed E-state index contributed by atoms with van der Waals surface area (Å²) in [4.78, 5) is 36.5. The van der Waals surface area contributed by atoms with Gasteiger partial charge in [-0.25, -0.2) is 0 Å². The number of benzene rings is 3. The molecule has 1 unspecified atom stereocenters. The zero-order valence-electron chi connectivity index (χ0n) is 22.4. The molecule has 2 N–H and O–H groups in total. The molecule has 0 bridgehead atoms. The molecule has 1 atom stereocenters. The fourth-order valence-electron chi connectivity index (χ4n) is 4.16. The first kappa shape index (κ1) is 28.6. The van der Waals surface area contributed by atoms with Crippen LogP contribution in [0, 0.1) is 5.92 Å². The van der Waals surface area contributed by atoms with Crippen LogP contribution in [-0.2, 0) is 27.3 Å². The lowest BCUT2D eigenvalue weighted by atomic mass is 9.99. The predicted molar refractivity (Wildman–Crippen MR) is 153 cm³/mol. The van der Waals surface area contributed by atoms with Crippen molar-refractivity contribution in [3.63, 3.8) is 0 Å². The monoisotopic (exact) mass is 562 g/mol. The van der Waals surface area contributed by atoms with Gasteiger partial charge in [-0.05, 0) is 57.0 Å². The van der Waals surface area contributed by atoms with E-state index in [1.807, 2.05) is 48.5 Å². The summed E-state index contributed by atoms with van der Waals surface area (Å²) < 4.78 is 13.5. The van der Waals surface area contributed by atoms with Gasteiger partial charge in [-0.1, -0.05) is 65.0 Å². The largest absolute Gasteiger partial charge is 0.492 e. The molecule has 9 nitrogen and oxygen atoms in total. The average Bonchev–Trinajstić information content (AvgIpc) is 3.22. The van der Waals surface area contributed by atoms with Gasteiger partial charge in [0.2, 0.25) is 0 Å². The molecule has 0 saturated carbocycles. The van der Waals surface area contributed by atoms with Crippen LogP contribution in [0.25, 0.3) is 10.2 Å². The maximum Gasteiger partial charge on any atom is 0.321 e. The van der Waals surface area contributed by atoms with Gasteiger partial charge in [0.1, 0.15) is 23.7 Å². The second kappa shape index (κ2) is 12.2. The molecule has 0 saturated heterocycles. The van der Waals surface area contributed by atoms with Crippen molar-refractivity contribution < 1.29 is 29.4 Å². The molecule has 0 aliphatic carbocycles. The quantitative estimate of drug-likeness (QED) is 0.0920. The molecular formula is C30H30N2O7S. The number of aromatic nitrogens is 1. The molecule has 0 aliphatic heterocycles. The minimum Gasteiger partial charge on any atom is -0.492 e. The number of fused-ring (bicyclic) bond motifs is 1. The Balaban J connectivity index is 1.40. The number of oxime groups is 1. The number of carboxylic acid groups (broad SMARTS) is 1. The number of esters is 1. The van der Waals surface area contributed by atoms with Crippen LogP contribution in [-0.4, -0.2) is 44.7 Å². The van der Waals surface area contributed by atoms with Crippen molar-refractivity contribution in [1.82, 2.24) is 4.57 Å². The molecule has 40 heavy (non-hydrogen) atoms. The van der Waals surface area contributed by atoms with Gasteiger partial charge < -0.3 is 19.8 Å². The lowest BCUT2D eigenvalue weighted by molar-refractivity contribution is -0.166. The lowest BCUT2D eigenvalue weighted by Gasteiger charge is -2.22. The average molecular weight is 563 g/mol. The molecular weight excluding hydrogens is 532 g/mol. The summed E-state index contributed by atoms with van der Waals surface area (Å²) in [5.74, 6) is -2.78. The van der Waals surface area contributed by atoms with E-state index in [9.17, 15) is 24.7 Å². The van der Waals surface area contributed by atoms with Crippen molar-refractivity contribution in [2.75, 3.05) is 6.61 Å². The summed E-state index contributed by atoms with van der Waals surface area (Å²) in [5, 5.41) is 22.6. The molecule has 0 aliphatic rings. The number of ether oxygens (including phenoxy) is 2. The summed E-state index contributed by atoms with van der Waals surface area (Å²) in [7, 11) is 0. The number of carboxylic acids is 1. The highest BCUT2D eigenvalue weighted by Gasteiger charge is 2.31. The Bertz CT molecular complexity index is 1580. The van der Waals surface area contributed by atoms with Crippen LogP contribution in [0.2, 0.25) is 0 Å². The maximum absolute atomic E-state index is 12.7. The van der Waals surface area contributed by atoms with E-state index in [-0.39, 0.29) is 17.9 Å². The van der Waals surface area contributed by atoms with Gasteiger partial charge in [-0.15, -0.1) is 0 Å². The van der Waals surface area contributed by atoms with E-state index >= 15 is 0 Å². The highest BCUT2D eigenvalue weighted by atomic mass is 32.1. The molecule has 0 radical (unpaired) electrons.